The number of rotatable bonds is 20. The SMILES string of the molecule is C1=[N+](CCN2CCOCC2)CCc2ccccc21.C=S(=O)([O-])c1ccc(C)cc1.CN(C)C1CCN(CC[N+]2=Cc3ccccc3CC2)C1.C[N+](C)(C)C1CCN(CC[N+]2=Cc3ccccc3CC2)C1.C[N+]1(CC[N+]2=Cc3ccccc3CC2)CCOCC1.C[n+]1ccc(CC[N+]2=Cc3ccccc3CC2)cc1.Cc1ccc(S(=O)(=O)[O-])cc1.Cc1ccc(S(=O)(=O)[O-])cc1.[Br-].[Br-].[Br-].[Br-].[Br-]. The van der Waals surface area contributed by atoms with Crippen molar-refractivity contribution in [3.8, 4) is 0 Å². The summed E-state index contributed by atoms with van der Waals surface area (Å²) in [7, 11) is 3.97. The first kappa shape index (κ1) is 117. The molecule has 9 aliphatic heterocycles. The molecule has 0 radical (unpaired) electrons. The zero-order chi connectivity index (χ0) is 92.7. The van der Waals surface area contributed by atoms with Crippen LogP contribution in [0, 0.1) is 20.8 Å². The lowest BCUT2D eigenvalue weighted by Gasteiger charge is -2.36. The van der Waals surface area contributed by atoms with Gasteiger partial charge in [0, 0.05) is 122 Å². The van der Waals surface area contributed by atoms with Crippen LogP contribution < -0.4 is 89.5 Å². The van der Waals surface area contributed by atoms with Crippen molar-refractivity contribution >= 4 is 67.0 Å². The quantitative estimate of drug-likeness (QED) is 0.0303. The Morgan fingerprint density at radius 1 is 0.415 bits per heavy atom. The van der Waals surface area contributed by atoms with Crippen LogP contribution in [0.3, 0.4) is 0 Å². The number of hydrogen-bond donors (Lipinski definition) is 0. The van der Waals surface area contributed by atoms with Crippen LogP contribution in [-0.4, -0.2) is 348 Å². The summed E-state index contributed by atoms with van der Waals surface area (Å²) in [6.45, 7) is 35.0. The van der Waals surface area contributed by atoms with Crippen LogP contribution in [0.2, 0.25) is 0 Å². The van der Waals surface area contributed by atoms with Gasteiger partial charge in [0.1, 0.15) is 92.2 Å². The van der Waals surface area contributed by atoms with Crippen LogP contribution in [0.4, 0.5) is 0 Å². The van der Waals surface area contributed by atoms with E-state index in [1.807, 2.05) is 20.8 Å². The zero-order valence-corrected chi connectivity index (χ0v) is 91.0. The number of fused-ring (bicyclic) bond motifs is 5. The number of aromatic nitrogens is 1. The van der Waals surface area contributed by atoms with Crippen LogP contribution in [0.5, 0.6) is 0 Å². The molecule has 0 saturated carbocycles. The average molecular weight is 2230 g/mol. The molecule has 22 nitrogen and oxygen atoms in total. The number of benzene rings is 8. The van der Waals surface area contributed by atoms with Gasteiger partial charge < -0.3 is 122 Å². The third-order valence-electron chi connectivity index (χ3n) is 26.0. The Hall–Kier alpha value is -6.86. The van der Waals surface area contributed by atoms with Gasteiger partial charge in [0.25, 0.3) is 0 Å². The molecule has 0 bridgehead atoms. The number of halogens is 5. The number of ether oxygens (including phenoxy) is 2. The van der Waals surface area contributed by atoms with E-state index in [1.54, 1.807) is 48.5 Å². The highest BCUT2D eigenvalue weighted by Crippen LogP contribution is 2.22. The Labute approximate surface area is 859 Å². The van der Waals surface area contributed by atoms with Crippen molar-refractivity contribution in [1.29, 1.82) is 0 Å². The first-order chi connectivity index (χ1) is 62.2. The normalized spacial score (nSPS) is 17.8. The minimum Gasteiger partial charge on any atom is -1.00 e. The van der Waals surface area contributed by atoms with Gasteiger partial charge in [0.2, 0.25) is 0 Å². The molecule has 10 heterocycles. The van der Waals surface area contributed by atoms with Gasteiger partial charge in [-0.15, -0.1) is 0 Å². The van der Waals surface area contributed by atoms with Crippen molar-refractivity contribution in [2.75, 3.05) is 213 Å². The molecule has 9 aromatic rings. The van der Waals surface area contributed by atoms with E-state index in [0.717, 1.165) is 162 Å². The summed E-state index contributed by atoms with van der Waals surface area (Å²) in [5.74, 6) is 3.04. The van der Waals surface area contributed by atoms with Crippen LogP contribution in [0.25, 0.3) is 0 Å². The Kier molecular flexibility index (Phi) is 50.0. The van der Waals surface area contributed by atoms with Crippen molar-refractivity contribution < 1.29 is 165 Å². The fourth-order valence-corrected chi connectivity index (χ4v) is 18.7. The number of pyridine rings is 1. The maximum atomic E-state index is 10.8. The van der Waals surface area contributed by atoms with Gasteiger partial charge in [-0.1, -0.05) is 160 Å². The molecule has 30 heteroatoms. The van der Waals surface area contributed by atoms with E-state index in [4.69, 9.17) is 9.47 Å². The van der Waals surface area contributed by atoms with Gasteiger partial charge in [-0.3, -0.25) is 18.9 Å². The van der Waals surface area contributed by atoms with E-state index in [9.17, 15) is 34.7 Å². The van der Waals surface area contributed by atoms with Crippen LogP contribution in [0.1, 0.15) is 90.7 Å². The van der Waals surface area contributed by atoms with Crippen molar-refractivity contribution in [1.82, 2.24) is 19.6 Å². The topological polar surface area (TPSA) is 205 Å². The largest absolute Gasteiger partial charge is 1.00 e. The monoisotopic (exact) mass is 2220 g/mol. The summed E-state index contributed by atoms with van der Waals surface area (Å²) in [5, 5.41) is 0. The molecule has 0 aliphatic carbocycles. The lowest BCUT2D eigenvalue weighted by Crippen LogP contribution is -3.00. The van der Waals surface area contributed by atoms with E-state index in [0.29, 0.717) is 0 Å². The van der Waals surface area contributed by atoms with Crippen LogP contribution in [-0.2, 0) is 85.1 Å². The lowest BCUT2D eigenvalue weighted by molar-refractivity contribution is -0.923. The predicted molar refractivity (Wildman–Crippen MR) is 522 cm³/mol. The van der Waals surface area contributed by atoms with Crippen LogP contribution >= 0.6 is 0 Å². The van der Waals surface area contributed by atoms with Gasteiger partial charge in [-0.05, 0) is 148 Å². The molecule has 8 aromatic carbocycles. The van der Waals surface area contributed by atoms with Crippen molar-refractivity contribution in [3.05, 3.63) is 297 Å². The molecule has 3 atom stereocenters. The maximum Gasteiger partial charge on any atom is 0.191 e. The third-order valence-corrected chi connectivity index (χ3v) is 28.7. The van der Waals surface area contributed by atoms with Crippen molar-refractivity contribution in [2.24, 2.45) is 7.05 Å². The zero-order valence-electron chi connectivity index (χ0n) is 80.6. The summed E-state index contributed by atoms with van der Waals surface area (Å²) >= 11 is 0. The van der Waals surface area contributed by atoms with Gasteiger partial charge >= 0.3 is 0 Å². The summed E-state index contributed by atoms with van der Waals surface area (Å²) in [6.07, 6.45) is 25.6. The highest BCUT2D eigenvalue weighted by Gasteiger charge is 2.34. The Morgan fingerprint density at radius 2 is 0.733 bits per heavy atom. The van der Waals surface area contributed by atoms with Gasteiger partial charge in [-0.2, -0.15) is 0 Å². The second kappa shape index (κ2) is 57.8. The highest BCUT2D eigenvalue weighted by atomic mass is 79.9. The number of hydrogen-bond acceptors (Lipinski definition) is 14. The maximum absolute atomic E-state index is 10.8. The van der Waals surface area contributed by atoms with Gasteiger partial charge in [0.15, 0.2) is 69.6 Å². The van der Waals surface area contributed by atoms with E-state index in [1.165, 1.54) is 183 Å². The fourth-order valence-electron chi connectivity index (χ4n) is 17.2. The number of likely N-dealkylation sites (tertiary alicyclic amines) is 2. The molecular formula is C105H143Br5N12O10S3. The highest BCUT2D eigenvalue weighted by molar-refractivity contribution is 7.95. The lowest BCUT2D eigenvalue weighted by atomic mass is 10.0. The average Bonchev–Trinajstić information content (AvgIpc) is 1.32. The molecule has 0 spiro atoms. The van der Waals surface area contributed by atoms with Gasteiger partial charge in [-0.25, -0.2) is 44.3 Å². The first-order valence-corrected chi connectivity index (χ1v) is 50.8. The van der Waals surface area contributed by atoms with E-state index >= 15 is 0 Å². The first-order valence-electron chi connectivity index (χ1n) is 46.3. The molecule has 135 heavy (non-hydrogen) atoms. The standard InChI is InChI=1S/C18H29N3.C17H26N3.C17H20N2.C16H24N2O.C15H21N2O.C8H10O2S.2C7H8O3S.5BrH/c1-21(2,3)18-9-11-20(15-18)13-12-19-10-8-16-6-4-5-7-17(16)14-19;1-18(2)17-8-10-20(14-17)12-11-19-9-7-15-5-3-4-6-16(15)13-19;1-18-10-6-15(7-11-18)8-12-19-13-9-16-4-2-3-5-17(16)14-19;1-18(10-12-19-13-11-18)9-8-17-7-6-15-4-2-3-5-16(15)14-17;1-2-4-15-13-17(6-5-14(15)3-1)8-7-16-9-11-18-12-10-16;1-7-3-5-8(6-4-7)11(2,9)10;2*1-6-2-4-7(5-3-6)11(8,9)10;;;;;/h4-7,14,18H,8-13,15H2,1-3H3;3-6,13,17H,7-12,14H2,1-2H3;2-7,10-11,14H,8-9,12-13H2,1H3;2-5,14H,6-13H2,1H3;1-4,13H,5-12H2;3-6H,2H2,1H3,(H,9,10);2*2-5H,1H3,(H,8,9,10);5*1H/q+2;+1;2*+2;+1;;;;;;;;/p-8. The molecule has 0 N–H and O–H groups in total. The molecule has 3 unspecified atom stereocenters. The number of likely N-dealkylation sites (N-methyl/N-ethyl adjacent to an activating group) is 3. The van der Waals surface area contributed by atoms with Crippen molar-refractivity contribution in [3.63, 3.8) is 0 Å². The Bertz CT molecular complexity index is 5490. The molecule has 1 aromatic heterocycles. The Morgan fingerprint density at radius 3 is 1.07 bits per heavy atom. The minimum atomic E-state index is -4.27. The second-order valence-corrected chi connectivity index (χ2v) is 41.5. The molecule has 18 rings (SSSR count). The van der Waals surface area contributed by atoms with E-state index < -0.39 is 30.0 Å². The molecule has 736 valence electrons. The number of quaternary nitrogens is 2. The molecule has 9 aliphatic rings. The van der Waals surface area contributed by atoms with E-state index in [2.05, 4.69) is 279 Å². The molecule has 4 saturated heterocycles. The summed E-state index contributed by atoms with van der Waals surface area (Å²) < 4.78 is 112. The Balaban J connectivity index is 0.000000238. The van der Waals surface area contributed by atoms with Crippen molar-refractivity contribution in [2.45, 2.75) is 98.9 Å². The summed E-state index contributed by atoms with van der Waals surface area (Å²) in [6, 6.07) is 67.9. The predicted octanol–water partition coefficient (Wildman–Crippen LogP) is -5.32. The third kappa shape index (κ3) is 40.0. The number of aryl methyl sites for hydroxylation is 4. The van der Waals surface area contributed by atoms with Gasteiger partial charge in [0.05, 0.1) is 90.6 Å². The molecule has 0 amide bonds. The minimum absolute atomic E-state index is 0. The number of nitrogens with zero attached hydrogens (tertiary/aromatic N) is 12. The fraction of sp³-hybridized carbons (Fsp3) is 0.438. The summed E-state index contributed by atoms with van der Waals surface area (Å²) in [4.78, 5) is 10.0. The number of morpholine rings is 2. The summed E-state index contributed by atoms with van der Waals surface area (Å²) in [5.41, 5.74) is 18.8. The smallest absolute Gasteiger partial charge is 0.191 e. The second-order valence-electron chi connectivity index (χ2n) is 37.1. The van der Waals surface area contributed by atoms with E-state index in [-0.39, 0.29) is 99.6 Å². The van der Waals surface area contributed by atoms with Crippen LogP contribution in [0.15, 0.2) is 233 Å². The molecule has 4 fully saturated rings. The molecular weight excluding hydrogens is 2080 g/mol.